The van der Waals surface area contributed by atoms with Crippen LogP contribution in [0.25, 0.3) is 17.2 Å². The molecule has 1 aromatic carbocycles. The minimum absolute atomic E-state index is 0.0529. The molecule has 29 heavy (non-hydrogen) atoms. The Labute approximate surface area is 177 Å². The second kappa shape index (κ2) is 8.10. The van der Waals surface area contributed by atoms with Gasteiger partial charge in [-0.15, -0.1) is 11.8 Å². The lowest BCUT2D eigenvalue weighted by molar-refractivity contribution is 0.299. The van der Waals surface area contributed by atoms with Gasteiger partial charge in [0, 0.05) is 22.6 Å². The molecule has 1 aliphatic carbocycles. The van der Waals surface area contributed by atoms with E-state index in [0.717, 1.165) is 17.4 Å². The fourth-order valence-corrected chi connectivity index (χ4v) is 4.80. The van der Waals surface area contributed by atoms with E-state index < -0.39 is 28.4 Å². The van der Waals surface area contributed by atoms with Crippen molar-refractivity contribution in [1.82, 2.24) is 24.8 Å². The fraction of sp³-hybridized carbons (Fsp3) is 0.333. The molecule has 1 saturated carbocycles. The second-order valence-electron chi connectivity index (χ2n) is 6.34. The number of rotatable bonds is 8. The van der Waals surface area contributed by atoms with E-state index in [9.17, 15) is 17.9 Å². The summed E-state index contributed by atoms with van der Waals surface area (Å²) in [6, 6.07) is 4.00. The molecule has 2 aromatic heterocycles. The van der Waals surface area contributed by atoms with Crippen molar-refractivity contribution in [2.45, 2.75) is 29.8 Å². The van der Waals surface area contributed by atoms with Crippen LogP contribution in [0.5, 0.6) is 0 Å². The van der Waals surface area contributed by atoms with E-state index in [2.05, 4.69) is 36.1 Å². The zero-order chi connectivity index (χ0) is 20.6. The van der Waals surface area contributed by atoms with Gasteiger partial charge in [-0.05, 0) is 63.7 Å². The van der Waals surface area contributed by atoms with Crippen molar-refractivity contribution in [3.8, 4) is 17.2 Å². The van der Waals surface area contributed by atoms with Crippen LogP contribution in [-0.4, -0.2) is 40.1 Å². The van der Waals surface area contributed by atoms with Gasteiger partial charge < -0.3 is 4.55 Å². The maximum atomic E-state index is 13.5. The highest BCUT2D eigenvalue weighted by Crippen LogP contribution is 2.41. The van der Waals surface area contributed by atoms with Gasteiger partial charge in [0.05, 0.1) is 10.2 Å². The summed E-state index contributed by atoms with van der Waals surface area (Å²) in [6.45, 7) is 0. The number of halogens is 2. The molecule has 0 radical (unpaired) electrons. The molecule has 0 amide bonds. The van der Waals surface area contributed by atoms with Crippen LogP contribution in [-0.2, 0) is 11.3 Å². The van der Waals surface area contributed by atoms with Crippen molar-refractivity contribution in [3.05, 3.63) is 39.0 Å². The number of benzene rings is 1. The van der Waals surface area contributed by atoms with Gasteiger partial charge >= 0.3 is 5.76 Å². The van der Waals surface area contributed by atoms with Crippen LogP contribution in [0.2, 0.25) is 0 Å². The Morgan fingerprint density at radius 3 is 2.86 bits per heavy atom. The van der Waals surface area contributed by atoms with Gasteiger partial charge in [0.25, 0.3) is 0 Å². The van der Waals surface area contributed by atoms with Crippen LogP contribution in [0.15, 0.2) is 41.6 Å². The third-order valence-corrected chi connectivity index (χ3v) is 6.57. The molecular weight excluding hydrogens is 493 g/mol. The van der Waals surface area contributed by atoms with E-state index in [1.165, 1.54) is 30.0 Å². The van der Waals surface area contributed by atoms with Crippen molar-refractivity contribution in [2.24, 2.45) is 0 Å². The Kier molecular flexibility index (Phi) is 5.70. The normalized spacial score (nSPS) is 16.1. The minimum atomic E-state index is -2.32. The Bertz CT molecular complexity index is 1130. The summed E-state index contributed by atoms with van der Waals surface area (Å²) in [6.07, 6.45) is 2.13. The highest BCUT2D eigenvalue weighted by molar-refractivity contribution is 9.10. The summed E-state index contributed by atoms with van der Waals surface area (Å²) < 4.78 is 48.7. The minimum Gasteiger partial charge on any atom is -0.760 e. The number of hydrogen-bond donors (Lipinski definition) is 1. The van der Waals surface area contributed by atoms with Crippen molar-refractivity contribution < 1.29 is 22.3 Å². The molecule has 154 valence electrons. The molecule has 0 spiro atoms. The van der Waals surface area contributed by atoms with Crippen LogP contribution in [0.3, 0.4) is 0 Å². The molecule has 0 bridgehead atoms. The third-order valence-electron chi connectivity index (χ3n) is 4.41. The summed E-state index contributed by atoms with van der Waals surface area (Å²) in [7, 11) is 0. The van der Waals surface area contributed by atoms with Gasteiger partial charge in [-0.25, -0.2) is 23.1 Å². The standard InChI is InChI=1S/C15H13BrFN5O5S2/c16-9-7-8(1-2-10(9)17)22-12(19-26-14(22)23)11-13(20-27-18-11)28-6-5-15(3-4-15)21-29(24)25/h1-2,7,21H,3-6H2,(H,24,25)/p-1. The van der Waals surface area contributed by atoms with Gasteiger partial charge in [0.15, 0.2) is 10.7 Å². The number of nitrogens with one attached hydrogen (secondary N) is 1. The lowest BCUT2D eigenvalue weighted by Gasteiger charge is -2.18. The van der Waals surface area contributed by atoms with Gasteiger partial charge in [-0.3, -0.25) is 8.73 Å². The molecular formula is C15H12BrFN5O5S2-. The van der Waals surface area contributed by atoms with Crippen LogP contribution in [0.4, 0.5) is 4.39 Å². The largest absolute Gasteiger partial charge is 0.760 e. The summed E-state index contributed by atoms with van der Waals surface area (Å²) in [4.78, 5) is 12.2. The maximum Gasteiger partial charge on any atom is 0.446 e. The molecule has 3 aromatic rings. The lowest BCUT2D eigenvalue weighted by Crippen LogP contribution is -2.33. The lowest BCUT2D eigenvalue weighted by atomic mass is 10.2. The van der Waals surface area contributed by atoms with Crippen LogP contribution in [0, 0.1) is 5.82 Å². The third kappa shape index (κ3) is 4.35. The molecule has 4 rings (SSSR count). The molecule has 10 nitrogen and oxygen atoms in total. The quantitative estimate of drug-likeness (QED) is 0.360. The molecule has 1 aliphatic rings. The van der Waals surface area contributed by atoms with Gasteiger partial charge in [0.1, 0.15) is 5.82 Å². The Hall–Kier alpha value is -1.87. The van der Waals surface area contributed by atoms with E-state index in [-0.39, 0.29) is 16.0 Å². The van der Waals surface area contributed by atoms with E-state index in [4.69, 9.17) is 9.15 Å². The van der Waals surface area contributed by atoms with Crippen LogP contribution in [0.1, 0.15) is 19.3 Å². The highest BCUT2D eigenvalue weighted by atomic mass is 79.9. The summed E-state index contributed by atoms with van der Waals surface area (Å²) in [5.74, 6) is -0.676. The molecule has 1 unspecified atom stereocenters. The van der Waals surface area contributed by atoms with Crippen LogP contribution >= 0.6 is 27.7 Å². The Morgan fingerprint density at radius 2 is 2.17 bits per heavy atom. The van der Waals surface area contributed by atoms with E-state index in [1.807, 2.05) is 0 Å². The average Bonchev–Trinajstić information content (AvgIpc) is 3.08. The Balaban J connectivity index is 1.57. The van der Waals surface area contributed by atoms with E-state index in [1.54, 1.807) is 0 Å². The molecule has 14 heteroatoms. The zero-order valence-corrected chi connectivity index (χ0v) is 17.7. The first-order valence-electron chi connectivity index (χ1n) is 8.25. The van der Waals surface area contributed by atoms with Crippen molar-refractivity contribution in [1.29, 1.82) is 0 Å². The molecule has 1 fully saturated rings. The predicted octanol–water partition coefficient (Wildman–Crippen LogP) is 2.18. The monoisotopic (exact) mass is 504 g/mol. The van der Waals surface area contributed by atoms with E-state index in [0.29, 0.717) is 22.9 Å². The smallest absolute Gasteiger partial charge is 0.446 e. The first-order chi connectivity index (χ1) is 13.9. The second-order valence-corrected chi connectivity index (χ2v) is 8.95. The summed E-state index contributed by atoms with van der Waals surface area (Å²) in [5, 5.41) is 11.8. The predicted molar refractivity (Wildman–Crippen MR) is 102 cm³/mol. The number of aromatic nitrogens is 4. The SMILES string of the molecule is O=c1onc(-c2nonc2SCCC2(NS(=O)[O-])CC2)n1-c1ccc(F)c(Br)c1. The number of thioether (sulfide) groups is 1. The van der Waals surface area contributed by atoms with Crippen molar-refractivity contribution >= 4 is 39.0 Å². The summed E-state index contributed by atoms with van der Waals surface area (Å²) in [5.41, 5.74) is 0.0943. The van der Waals surface area contributed by atoms with Gasteiger partial charge in [0.2, 0.25) is 5.82 Å². The molecule has 1 N–H and O–H groups in total. The van der Waals surface area contributed by atoms with Gasteiger partial charge in [-0.1, -0.05) is 5.16 Å². The zero-order valence-electron chi connectivity index (χ0n) is 14.5. The fourth-order valence-electron chi connectivity index (χ4n) is 2.74. The van der Waals surface area contributed by atoms with E-state index >= 15 is 0 Å². The van der Waals surface area contributed by atoms with Gasteiger partial charge in [-0.2, -0.15) is 0 Å². The molecule has 2 heterocycles. The topological polar surface area (TPSA) is 139 Å². The molecule has 0 saturated heterocycles. The first kappa shape index (κ1) is 20.4. The number of hydrogen-bond acceptors (Lipinski definition) is 9. The highest BCUT2D eigenvalue weighted by Gasteiger charge is 2.42. The van der Waals surface area contributed by atoms with Crippen molar-refractivity contribution in [3.63, 3.8) is 0 Å². The van der Waals surface area contributed by atoms with Crippen molar-refractivity contribution in [2.75, 3.05) is 5.75 Å². The maximum absolute atomic E-state index is 13.5. The van der Waals surface area contributed by atoms with Crippen LogP contribution < -0.4 is 10.5 Å². The number of nitrogens with zero attached hydrogens (tertiary/aromatic N) is 4. The molecule has 1 atom stereocenters. The first-order valence-corrected chi connectivity index (χ1v) is 11.1. The summed E-state index contributed by atoms with van der Waals surface area (Å²) >= 11 is 2.05. The Morgan fingerprint density at radius 1 is 1.38 bits per heavy atom. The molecule has 0 aliphatic heterocycles. The average molecular weight is 505 g/mol.